The number of imide groups is 1. The summed E-state index contributed by atoms with van der Waals surface area (Å²) < 4.78 is 11.9. The Morgan fingerprint density at radius 1 is 0.977 bits per heavy atom. The highest BCUT2D eigenvalue weighted by molar-refractivity contribution is 6.05. The number of pyridine rings is 1. The van der Waals surface area contributed by atoms with Crippen LogP contribution in [0.1, 0.15) is 95.2 Å². The van der Waals surface area contributed by atoms with Crippen molar-refractivity contribution in [3.63, 3.8) is 0 Å². The van der Waals surface area contributed by atoms with Gasteiger partial charge in [-0.15, -0.1) is 0 Å². The summed E-state index contributed by atoms with van der Waals surface area (Å²) in [7, 11) is 0. The molecule has 3 saturated heterocycles. The van der Waals surface area contributed by atoms with Crippen molar-refractivity contribution in [2.24, 2.45) is 0 Å². The second kappa shape index (κ2) is 11.9. The lowest BCUT2D eigenvalue weighted by molar-refractivity contribution is -0.137. The number of hydrogen-bond acceptors (Lipinski definition) is 9. The quantitative estimate of drug-likeness (QED) is 0.501. The van der Waals surface area contributed by atoms with Gasteiger partial charge in [0.1, 0.15) is 17.5 Å². The number of hydrogen-bond donors (Lipinski definition) is 1. The molecule has 1 aromatic rings. The van der Waals surface area contributed by atoms with Crippen LogP contribution < -0.4 is 10.2 Å². The fraction of sp³-hybridized carbons (Fsp3) is 0.719. The van der Waals surface area contributed by atoms with E-state index in [0.29, 0.717) is 36.8 Å². The molecule has 44 heavy (non-hydrogen) atoms. The smallest absolute Gasteiger partial charge is 0.410 e. The molecule has 1 saturated carbocycles. The van der Waals surface area contributed by atoms with E-state index in [1.54, 1.807) is 9.80 Å². The molecule has 4 fully saturated rings. The fourth-order valence-electron chi connectivity index (χ4n) is 7.31. The third kappa shape index (κ3) is 6.15. The number of likely N-dealkylation sites (tertiary alicyclic amines) is 1. The van der Waals surface area contributed by atoms with Crippen LogP contribution in [0.25, 0.3) is 0 Å². The van der Waals surface area contributed by atoms with Crippen LogP contribution in [0.2, 0.25) is 0 Å². The first-order valence-electron chi connectivity index (χ1n) is 16.2. The summed E-state index contributed by atoms with van der Waals surface area (Å²) in [6, 6.07) is 3.53. The minimum atomic E-state index is -0.657. The molecule has 5 aliphatic rings. The summed E-state index contributed by atoms with van der Waals surface area (Å²) in [4.78, 5) is 63.0. The van der Waals surface area contributed by atoms with Gasteiger partial charge in [0.25, 0.3) is 5.91 Å². The van der Waals surface area contributed by atoms with Crippen LogP contribution in [0.5, 0.6) is 0 Å². The van der Waals surface area contributed by atoms with Gasteiger partial charge in [0.05, 0.1) is 29.5 Å². The molecule has 4 aliphatic heterocycles. The Hall–Kier alpha value is -3.25. The Morgan fingerprint density at radius 3 is 2.36 bits per heavy atom. The molecule has 12 nitrogen and oxygen atoms in total. The Labute approximate surface area is 259 Å². The van der Waals surface area contributed by atoms with Crippen molar-refractivity contribution in [1.29, 1.82) is 0 Å². The van der Waals surface area contributed by atoms with Gasteiger partial charge < -0.3 is 24.2 Å². The first-order valence-corrected chi connectivity index (χ1v) is 16.2. The number of nitrogens with one attached hydrogen (secondary N) is 1. The van der Waals surface area contributed by atoms with E-state index in [2.05, 4.69) is 22.0 Å². The standard InChI is InChI=1S/C32H46N6O6/c1-19-18-36(21-16-23(17-21)43-22-10-12-35(13-11-22)31(42)44-32(3,4)5)14-15-37(19)26-8-6-24-28(33-26)20(2)38(30(24)41)25-7-9-27(39)34-29(25)40/h6,8,19-23,25H,7,9-18H2,1-5H3,(H,34,39,40)/t19-,20?,21-,23-,25?/m1/s1. The van der Waals surface area contributed by atoms with E-state index >= 15 is 0 Å². The van der Waals surface area contributed by atoms with Crippen LogP contribution >= 0.6 is 0 Å². The molecule has 5 heterocycles. The lowest BCUT2D eigenvalue weighted by Gasteiger charge is -2.49. The second-order valence-corrected chi connectivity index (χ2v) is 14.0. The minimum Gasteiger partial charge on any atom is -0.444 e. The Balaban J connectivity index is 0.977. The molecule has 4 amide bonds. The van der Waals surface area contributed by atoms with E-state index in [1.807, 2.05) is 39.8 Å². The van der Waals surface area contributed by atoms with Gasteiger partial charge in [-0.1, -0.05) is 0 Å². The van der Waals surface area contributed by atoms with Crippen molar-refractivity contribution in [3.8, 4) is 0 Å². The molecule has 0 radical (unpaired) electrons. The Morgan fingerprint density at radius 2 is 1.70 bits per heavy atom. The summed E-state index contributed by atoms with van der Waals surface area (Å²) >= 11 is 0. The Bertz CT molecular complexity index is 1300. The van der Waals surface area contributed by atoms with Gasteiger partial charge in [0.2, 0.25) is 11.8 Å². The third-order valence-corrected chi connectivity index (χ3v) is 9.75. The van der Waals surface area contributed by atoms with Crippen LogP contribution in [0, 0.1) is 0 Å². The van der Waals surface area contributed by atoms with Crippen LogP contribution in [-0.4, -0.2) is 112 Å². The number of anilines is 1. The van der Waals surface area contributed by atoms with Crippen molar-refractivity contribution in [3.05, 3.63) is 23.4 Å². The highest BCUT2D eigenvalue weighted by Gasteiger charge is 2.45. The predicted octanol–water partition coefficient (Wildman–Crippen LogP) is 2.86. The van der Waals surface area contributed by atoms with Crippen molar-refractivity contribution in [1.82, 2.24) is 25.0 Å². The van der Waals surface area contributed by atoms with Crippen molar-refractivity contribution in [2.45, 2.75) is 115 Å². The van der Waals surface area contributed by atoms with Gasteiger partial charge in [-0.25, -0.2) is 9.78 Å². The van der Waals surface area contributed by atoms with Gasteiger partial charge in [-0.05, 0) is 78.9 Å². The van der Waals surface area contributed by atoms with E-state index in [-0.39, 0.29) is 48.6 Å². The average molecular weight is 611 g/mol. The van der Waals surface area contributed by atoms with Gasteiger partial charge in [-0.3, -0.25) is 24.6 Å². The third-order valence-electron chi connectivity index (χ3n) is 9.75. The van der Waals surface area contributed by atoms with Gasteiger partial charge >= 0.3 is 6.09 Å². The number of nitrogens with zero attached hydrogens (tertiary/aromatic N) is 5. The molecule has 1 aliphatic carbocycles. The van der Waals surface area contributed by atoms with E-state index < -0.39 is 17.6 Å². The number of ether oxygens (including phenoxy) is 2. The number of aromatic nitrogens is 1. The molecule has 2 unspecified atom stereocenters. The van der Waals surface area contributed by atoms with E-state index in [9.17, 15) is 19.2 Å². The second-order valence-electron chi connectivity index (χ2n) is 14.0. The van der Waals surface area contributed by atoms with E-state index in [0.717, 1.165) is 51.1 Å². The first-order chi connectivity index (χ1) is 20.9. The zero-order valence-electron chi connectivity index (χ0n) is 26.6. The molecule has 0 spiro atoms. The number of carbonyl (C=O) groups excluding carboxylic acids is 4. The summed E-state index contributed by atoms with van der Waals surface area (Å²) in [6.45, 7) is 13.9. The first kappa shape index (κ1) is 30.8. The molecule has 1 N–H and O–H groups in total. The highest BCUT2D eigenvalue weighted by atomic mass is 16.6. The normalized spacial score (nSPS) is 30.2. The summed E-state index contributed by atoms with van der Waals surface area (Å²) in [5.74, 6) is -0.0482. The Kier molecular flexibility index (Phi) is 8.34. The molecule has 0 aromatic carbocycles. The van der Waals surface area contributed by atoms with Crippen molar-refractivity contribution < 1.29 is 28.7 Å². The van der Waals surface area contributed by atoms with Gasteiger partial charge in [-0.2, -0.15) is 0 Å². The number of fused-ring (bicyclic) bond motifs is 1. The average Bonchev–Trinajstić information content (AvgIpc) is 3.18. The topological polar surface area (TPSA) is 125 Å². The number of piperazine rings is 1. The molecular formula is C32H46N6O6. The molecule has 1 aromatic heterocycles. The van der Waals surface area contributed by atoms with Crippen molar-refractivity contribution in [2.75, 3.05) is 37.6 Å². The monoisotopic (exact) mass is 610 g/mol. The lowest BCUT2D eigenvalue weighted by atomic mass is 9.86. The maximum atomic E-state index is 13.3. The summed E-state index contributed by atoms with van der Waals surface area (Å²) in [5, 5.41) is 2.37. The van der Waals surface area contributed by atoms with Crippen LogP contribution in [-0.2, 0) is 19.1 Å². The predicted molar refractivity (Wildman–Crippen MR) is 162 cm³/mol. The molecule has 3 atom stereocenters. The number of piperidine rings is 2. The largest absolute Gasteiger partial charge is 0.444 e. The van der Waals surface area contributed by atoms with Gasteiger partial charge in [0.15, 0.2) is 0 Å². The zero-order chi connectivity index (χ0) is 31.3. The maximum Gasteiger partial charge on any atom is 0.410 e. The SMILES string of the molecule is CC1c2nc(N3CCN([C@H]4C[C@H](OC5CCN(C(=O)OC(C)(C)C)CC5)C4)C[C@H]3C)ccc2C(=O)N1C1CCC(=O)NC1=O. The molecule has 12 heteroatoms. The summed E-state index contributed by atoms with van der Waals surface area (Å²) in [5.41, 5.74) is 0.753. The zero-order valence-corrected chi connectivity index (χ0v) is 26.6. The molecule has 6 rings (SSSR count). The highest BCUT2D eigenvalue weighted by Crippen LogP contribution is 2.38. The van der Waals surface area contributed by atoms with Crippen LogP contribution in [0.15, 0.2) is 12.1 Å². The van der Waals surface area contributed by atoms with E-state index in [4.69, 9.17) is 14.5 Å². The van der Waals surface area contributed by atoms with Crippen LogP contribution in [0.3, 0.4) is 0 Å². The number of amides is 4. The van der Waals surface area contributed by atoms with Gasteiger partial charge in [0, 0.05) is 51.2 Å². The summed E-state index contributed by atoms with van der Waals surface area (Å²) in [6.07, 6.45) is 4.56. The molecule has 0 bridgehead atoms. The van der Waals surface area contributed by atoms with Crippen molar-refractivity contribution >= 4 is 29.6 Å². The van der Waals surface area contributed by atoms with Crippen LogP contribution in [0.4, 0.5) is 10.6 Å². The maximum absolute atomic E-state index is 13.3. The number of rotatable bonds is 5. The molecule has 240 valence electrons. The number of carbonyl (C=O) groups is 4. The lowest BCUT2D eigenvalue weighted by Crippen LogP contribution is -2.59. The molecular weight excluding hydrogens is 564 g/mol. The minimum absolute atomic E-state index is 0.196. The van der Waals surface area contributed by atoms with E-state index in [1.165, 1.54) is 0 Å². The fourth-order valence-corrected chi connectivity index (χ4v) is 7.31.